The van der Waals surface area contributed by atoms with Crippen molar-refractivity contribution in [2.75, 3.05) is 12.4 Å². The van der Waals surface area contributed by atoms with Crippen LogP contribution in [-0.2, 0) is 0 Å². The second-order valence-corrected chi connectivity index (χ2v) is 6.68. The molecular formula is C24H19NO4. The zero-order valence-corrected chi connectivity index (χ0v) is 16.1. The molecule has 0 spiro atoms. The summed E-state index contributed by atoms with van der Waals surface area (Å²) < 4.78 is 11.1. The number of carbonyl (C=O) groups is 1. The molecule has 1 N–H and O–H groups in total. The molecule has 0 aliphatic heterocycles. The van der Waals surface area contributed by atoms with Gasteiger partial charge in [0, 0.05) is 5.56 Å². The fraction of sp³-hybridized carbons (Fsp3) is 0.0833. The van der Waals surface area contributed by atoms with E-state index in [0.29, 0.717) is 33.4 Å². The van der Waals surface area contributed by atoms with Gasteiger partial charge in [-0.25, -0.2) is 0 Å². The Balaban J connectivity index is 1.85. The van der Waals surface area contributed by atoms with Gasteiger partial charge >= 0.3 is 0 Å². The van der Waals surface area contributed by atoms with Crippen LogP contribution in [0.2, 0.25) is 0 Å². The summed E-state index contributed by atoms with van der Waals surface area (Å²) in [5.41, 5.74) is 2.66. The SMILES string of the molecule is COc1ccc(-c2c(NC(=O)c3ccc(C)cc3)oc3ccccc3c2=O)cc1. The molecule has 0 saturated heterocycles. The number of anilines is 1. The second-order valence-electron chi connectivity index (χ2n) is 6.68. The molecule has 0 radical (unpaired) electrons. The van der Waals surface area contributed by atoms with Crippen molar-refractivity contribution in [2.45, 2.75) is 6.92 Å². The number of aryl methyl sites for hydroxylation is 1. The maximum Gasteiger partial charge on any atom is 0.257 e. The molecule has 1 amide bonds. The van der Waals surface area contributed by atoms with E-state index in [1.54, 1.807) is 67.8 Å². The van der Waals surface area contributed by atoms with Crippen molar-refractivity contribution >= 4 is 22.8 Å². The lowest BCUT2D eigenvalue weighted by Crippen LogP contribution is -2.16. The number of para-hydroxylation sites is 1. The first-order chi connectivity index (χ1) is 14.1. The van der Waals surface area contributed by atoms with E-state index in [2.05, 4.69) is 5.32 Å². The van der Waals surface area contributed by atoms with E-state index in [9.17, 15) is 9.59 Å². The molecule has 3 aromatic carbocycles. The van der Waals surface area contributed by atoms with Gasteiger partial charge in [-0.1, -0.05) is 42.0 Å². The van der Waals surface area contributed by atoms with E-state index >= 15 is 0 Å². The molecule has 0 unspecified atom stereocenters. The minimum Gasteiger partial charge on any atom is -0.497 e. The zero-order chi connectivity index (χ0) is 20.4. The molecule has 0 bridgehead atoms. The molecule has 29 heavy (non-hydrogen) atoms. The molecule has 5 heteroatoms. The van der Waals surface area contributed by atoms with Gasteiger partial charge in [0.05, 0.1) is 18.1 Å². The highest BCUT2D eigenvalue weighted by molar-refractivity contribution is 6.06. The zero-order valence-electron chi connectivity index (χ0n) is 16.1. The monoisotopic (exact) mass is 385 g/mol. The van der Waals surface area contributed by atoms with Gasteiger partial charge in [0.1, 0.15) is 11.3 Å². The summed E-state index contributed by atoms with van der Waals surface area (Å²) in [5, 5.41) is 3.22. The standard InChI is InChI=1S/C24H19NO4/c1-15-7-9-17(10-8-15)23(27)25-24-21(16-11-13-18(28-2)14-12-16)22(26)19-5-3-4-6-20(19)29-24/h3-14H,1-2H3,(H,25,27). The minimum absolute atomic E-state index is 0.115. The number of fused-ring (bicyclic) bond motifs is 1. The largest absolute Gasteiger partial charge is 0.497 e. The van der Waals surface area contributed by atoms with E-state index in [1.807, 2.05) is 19.1 Å². The number of amides is 1. The lowest BCUT2D eigenvalue weighted by Gasteiger charge is -2.12. The summed E-state index contributed by atoms with van der Waals surface area (Å²) >= 11 is 0. The smallest absolute Gasteiger partial charge is 0.257 e. The van der Waals surface area contributed by atoms with Crippen molar-refractivity contribution in [2.24, 2.45) is 0 Å². The molecule has 1 aromatic heterocycles. The fourth-order valence-electron chi connectivity index (χ4n) is 3.13. The summed E-state index contributed by atoms with van der Waals surface area (Å²) in [7, 11) is 1.58. The van der Waals surface area contributed by atoms with E-state index in [4.69, 9.17) is 9.15 Å². The van der Waals surface area contributed by atoms with Crippen LogP contribution < -0.4 is 15.5 Å². The number of carbonyl (C=O) groups excluding carboxylic acids is 1. The number of rotatable bonds is 4. The molecule has 0 fully saturated rings. The van der Waals surface area contributed by atoms with Crippen LogP contribution in [0.5, 0.6) is 5.75 Å². The second kappa shape index (κ2) is 7.64. The Morgan fingerprint density at radius 1 is 0.931 bits per heavy atom. The molecule has 144 valence electrons. The Bertz CT molecular complexity index is 1240. The highest BCUT2D eigenvalue weighted by Crippen LogP contribution is 2.30. The lowest BCUT2D eigenvalue weighted by molar-refractivity contribution is 0.102. The average Bonchev–Trinajstić information content (AvgIpc) is 2.74. The normalized spacial score (nSPS) is 10.7. The van der Waals surface area contributed by atoms with Crippen molar-refractivity contribution in [3.63, 3.8) is 0 Å². The molecule has 4 rings (SSSR count). The van der Waals surface area contributed by atoms with Gasteiger partial charge in [0.25, 0.3) is 5.91 Å². The predicted molar refractivity (Wildman–Crippen MR) is 114 cm³/mol. The van der Waals surface area contributed by atoms with Crippen LogP contribution in [0.4, 0.5) is 5.88 Å². The van der Waals surface area contributed by atoms with Crippen LogP contribution in [0.1, 0.15) is 15.9 Å². The number of benzene rings is 3. The van der Waals surface area contributed by atoms with Crippen molar-refractivity contribution in [1.82, 2.24) is 0 Å². The fourth-order valence-corrected chi connectivity index (χ4v) is 3.13. The number of methoxy groups -OCH3 is 1. The molecule has 4 aromatic rings. The summed E-state index contributed by atoms with van der Waals surface area (Å²) in [5.74, 6) is 0.437. The predicted octanol–water partition coefficient (Wildman–Crippen LogP) is 5.03. The Labute approximate surface area is 167 Å². The van der Waals surface area contributed by atoms with Crippen LogP contribution >= 0.6 is 0 Å². The van der Waals surface area contributed by atoms with Crippen molar-refractivity contribution in [1.29, 1.82) is 0 Å². The molecule has 5 nitrogen and oxygen atoms in total. The Morgan fingerprint density at radius 2 is 1.62 bits per heavy atom. The topological polar surface area (TPSA) is 68.5 Å². The minimum atomic E-state index is -0.349. The van der Waals surface area contributed by atoms with Gasteiger partial charge in [0.2, 0.25) is 11.3 Å². The van der Waals surface area contributed by atoms with E-state index in [0.717, 1.165) is 5.56 Å². The first-order valence-corrected chi connectivity index (χ1v) is 9.15. The molecule has 0 aliphatic rings. The molecule has 0 atom stereocenters. The van der Waals surface area contributed by atoms with Crippen LogP contribution in [0.3, 0.4) is 0 Å². The van der Waals surface area contributed by atoms with Crippen molar-refractivity contribution in [3.8, 4) is 16.9 Å². The summed E-state index contributed by atoms with van der Waals surface area (Å²) in [6.07, 6.45) is 0. The van der Waals surface area contributed by atoms with E-state index in [-0.39, 0.29) is 17.2 Å². The van der Waals surface area contributed by atoms with Gasteiger partial charge < -0.3 is 9.15 Å². The van der Waals surface area contributed by atoms with Crippen LogP contribution in [0, 0.1) is 6.92 Å². The maximum atomic E-state index is 13.2. The van der Waals surface area contributed by atoms with Crippen LogP contribution in [0.25, 0.3) is 22.1 Å². The van der Waals surface area contributed by atoms with Gasteiger partial charge in [-0.3, -0.25) is 14.9 Å². The molecule has 0 aliphatic carbocycles. The quantitative estimate of drug-likeness (QED) is 0.535. The first kappa shape index (κ1) is 18.5. The summed E-state index contributed by atoms with van der Waals surface area (Å²) in [6, 6.07) is 21.2. The molecule has 0 saturated carbocycles. The van der Waals surface area contributed by atoms with Crippen LogP contribution in [-0.4, -0.2) is 13.0 Å². The first-order valence-electron chi connectivity index (χ1n) is 9.15. The Hall–Kier alpha value is -3.86. The van der Waals surface area contributed by atoms with Gasteiger partial charge in [-0.15, -0.1) is 0 Å². The molecular weight excluding hydrogens is 366 g/mol. The van der Waals surface area contributed by atoms with Gasteiger partial charge in [-0.2, -0.15) is 0 Å². The number of hydrogen-bond donors (Lipinski definition) is 1. The Morgan fingerprint density at radius 3 is 2.31 bits per heavy atom. The molecule has 1 heterocycles. The third kappa shape index (κ3) is 3.62. The number of nitrogens with one attached hydrogen (secondary N) is 1. The van der Waals surface area contributed by atoms with E-state index in [1.165, 1.54) is 0 Å². The van der Waals surface area contributed by atoms with Crippen molar-refractivity contribution in [3.05, 3.63) is 94.1 Å². The van der Waals surface area contributed by atoms with Gasteiger partial charge in [0.15, 0.2) is 0 Å². The van der Waals surface area contributed by atoms with E-state index < -0.39 is 0 Å². The highest BCUT2D eigenvalue weighted by atomic mass is 16.5. The highest BCUT2D eigenvalue weighted by Gasteiger charge is 2.19. The van der Waals surface area contributed by atoms with Crippen molar-refractivity contribution < 1.29 is 13.9 Å². The third-order valence-corrected chi connectivity index (χ3v) is 4.72. The van der Waals surface area contributed by atoms with Crippen LogP contribution in [0.15, 0.2) is 82.0 Å². The third-order valence-electron chi connectivity index (χ3n) is 4.72. The number of ether oxygens (including phenoxy) is 1. The number of hydrogen-bond acceptors (Lipinski definition) is 4. The summed E-state index contributed by atoms with van der Waals surface area (Å²) in [6.45, 7) is 1.95. The van der Waals surface area contributed by atoms with Gasteiger partial charge in [-0.05, 0) is 48.9 Å². The lowest BCUT2D eigenvalue weighted by atomic mass is 10.0. The summed E-state index contributed by atoms with van der Waals surface area (Å²) in [4.78, 5) is 26.0. The average molecular weight is 385 g/mol. The maximum absolute atomic E-state index is 13.2. The Kier molecular flexibility index (Phi) is 4.87.